The van der Waals surface area contributed by atoms with Gasteiger partial charge >= 0.3 is 5.97 Å². The zero-order valence-electron chi connectivity index (χ0n) is 13.8. The predicted molar refractivity (Wildman–Crippen MR) is 89.6 cm³/mol. The highest BCUT2D eigenvalue weighted by molar-refractivity contribution is 5.82. The van der Waals surface area contributed by atoms with Crippen molar-refractivity contribution < 1.29 is 14.7 Å². The number of hydrogen-bond donors (Lipinski definition) is 2. The topological polar surface area (TPSA) is 86.9 Å². The van der Waals surface area contributed by atoms with Crippen molar-refractivity contribution in [3.05, 3.63) is 29.3 Å². The summed E-state index contributed by atoms with van der Waals surface area (Å²) in [5.74, 6) is -1.07. The summed E-state index contributed by atoms with van der Waals surface area (Å²) in [5, 5.41) is 8.67. The Labute approximate surface area is 136 Å². The number of hydrogen-bond acceptors (Lipinski definition) is 4. The maximum atomic E-state index is 12.3. The summed E-state index contributed by atoms with van der Waals surface area (Å²) < 4.78 is 0. The Morgan fingerprint density at radius 3 is 2.22 bits per heavy atom. The molecule has 23 heavy (non-hydrogen) atoms. The number of benzene rings is 1. The molecule has 1 aromatic rings. The summed E-state index contributed by atoms with van der Waals surface area (Å²) in [7, 11) is 0. The molecule has 0 spiro atoms. The first-order chi connectivity index (χ1) is 10.9. The maximum Gasteiger partial charge on any atom is 0.303 e. The third-order valence-electron chi connectivity index (χ3n) is 4.15. The average Bonchev–Trinajstić information content (AvgIpc) is 2.51. The van der Waals surface area contributed by atoms with Crippen LogP contribution < -0.4 is 10.6 Å². The van der Waals surface area contributed by atoms with Gasteiger partial charge in [-0.3, -0.25) is 9.59 Å². The Kier molecular flexibility index (Phi) is 5.60. The van der Waals surface area contributed by atoms with Crippen molar-refractivity contribution in [2.75, 3.05) is 31.1 Å². The van der Waals surface area contributed by atoms with Gasteiger partial charge in [-0.05, 0) is 43.5 Å². The third-order valence-corrected chi connectivity index (χ3v) is 4.15. The van der Waals surface area contributed by atoms with E-state index in [1.807, 2.05) is 0 Å². The number of rotatable bonds is 5. The summed E-state index contributed by atoms with van der Waals surface area (Å²) in [6.45, 7) is 6.93. The molecular weight excluding hydrogens is 294 g/mol. The van der Waals surface area contributed by atoms with E-state index in [4.69, 9.17) is 10.8 Å². The normalized spacial score (nSPS) is 16.3. The van der Waals surface area contributed by atoms with Gasteiger partial charge in [-0.25, -0.2) is 0 Å². The number of nitrogens with two attached hydrogens (primary N) is 1. The van der Waals surface area contributed by atoms with Crippen LogP contribution in [0, 0.1) is 13.8 Å². The molecule has 1 amide bonds. The number of carbonyl (C=O) groups is 2. The average molecular weight is 319 g/mol. The first-order valence-electron chi connectivity index (χ1n) is 7.96. The standard InChI is InChI=1S/C17H25N3O3/c1-12-9-13(2)11-14(10-12)19-5-7-20(8-6-19)17(23)15(18)3-4-16(21)22/h9-11,15H,3-8,18H2,1-2H3,(H,21,22). The van der Waals surface area contributed by atoms with Gasteiger partial charge in [0, 0.05) is 38.3 Å². The molecule has 6 heteroatoms. The number of aliphatic carboxylic acids is 1. The Hall–Kier alpha value is -2.08. The van der Waals surface area contributed by atoms with Gasteiger partial charge in [0.2, 0.25) is 5.91 Å². The molecule has 1 fully saturated rings. The van der Waals surface area contributed by atoms with Crippen molar-refractivity contribution in [3.63, 3.8) is 0 Å². The molecule has 0 aromatic heterocycles. The molecule has 0 saturated carbocycles. The zero-order chi connectivity index (χ0) is 17.0. The quantitative estimate of drug-likeness (QED) is 0.850. The lowest BCUT2D eigenvalue weighted by molar-refractivity contribution is -0.137. The van der Waals surface area contributed by atoms with Gasteiger partial charge in [0.25, 0.3) is 0 Å². The minimum absolute atomic E-state index is 0.0740. The molecule has 1 aromatic carbocycles. The minimum atomic E-state index is -0.923. The molecule has 2 rings (SSSR count). The summed E-state index contributed by atoms with van der Waals surface area (Å²) in [4.78, 5) is 26.8. The molecule has 1 aliphatic rings. The van der Waals surface area contributed by atoms with Gasteiger partial charge in [-0.15, -0.1) is 0 Å². The van der Waals surface area contributed by atoms with E-state index >= 15 is 0 Å². The van der Waals surface area contributed by atoms with Crippen LogP contribution in [-0.2, 0) is 9.59 Å². The summed E-state index contributed by atoms with van der Waals surface area (Å²) in [6.07, 6.45) is 0.112. The minimum Gasteiger partial charge on any atom is -0.481 e. The lowest BCUT2D eigenvalue weighted by Crippen LogP contribution is -2.53. The number of piperazine rings is 1. The van der Waals surface area contributed by atoms with Crippen LogP contribution in [0.2, 0.25) is 0 Å². The third kappa shape index (κ3) is 4.69. The van der Waals surface area contributed by atoms with Gasteiger partial charge in [0.05, 0.1) is 6.04 Å². The molecule has 1 saturated heterocycles. The Morgan fingerprint density at radius 2 is 1.70 bits per heavy atom. The van der Waals surface area contributed by atoms with Crippen molar-refractivity contribution in [2.24, 2.45) is 5.73 Å². The van der Waals surface area contributed by atoms with E-state index in [0.29, 0.717) is 13.1 Å². The summed E-state index contributed by atoms with van der Waals surface area (Å²) in [5.41, 5.74) is 9.46. The number of anilines is 1. The first kappa shape index (κ1) is 17.3. The highest BCUT2D eigenvalue weighted by atomic mass is 16.4. The number of carboxylic acid groups (broad SMARTS) is 1. The number of amides is 1. The fourth-order valence-electron chi connectivity index (χ4n) is 2.96. The molecule has 1 aliphatic heterocycles. The second kappa shape index (κ2) is 7.46. The monoisotopic (exact) mass is 319 g/mol. The first-order valence-corrected chi connectivity index (χ1v) is 7.96. The molecule has 0 aliphatic carbocycles. The molecule has 1 atom stereocenters. The predicted octanol–water partition coefficient (Wildman–Crippen LogP) is 1.14. The highest BCUT2D eigenvalue weighted by Crippen LogP contribution is 2.20. The zero-order valence-corrected chi connectivity index (χ0v) is 13.8. The highest BCUT2D eigenvalue weighted by Gasteiger charge is 2.25. The summed E-state index contributed by atoms with van der Waals surface area (Å²) >= 11 is 0. The fraction of sp³-hybridized carbons (Fsp3) is 0.529. The molecule has 1 unspecified atom stereocenters. The lowest BCUT2D eigenvalue weighted by atomic mass is 10.1. The van der Waals surface area contributed by atoms with Gasteiger partial charge < -0.3 is 20.6 Å². The van der Waals surface area contributed by atoms with E-state index in [2.05, 4.69) is 36.9 Å². The molecule has 3 N–H and O–H groups in total. The Bertz CT molecular complexity index is 560. The van der Waals surface area contributed by atoms with Crippen LogP contribution in [0.4, 0.5) is 5.69 Å². The second-order valence-electron chi connectivity index (χ2n) is 6.20. The van der Waals surface area contributed by atoms with Crippen LogP contribution >= 0.6 is 0 Å². The number of aryl methyl sites for hydroxylation is 2. The molecule has 126 valence electrons. The van der Waals surface area contributed by atoms with Crippen LogP contribution in [0.3, 0.4) is 0 Å². The van der Waals surface area contributed by atoms with Crippen LogP contribution in [0.25, 0.3) is 0 Å². The van der Waals surface area contributed by atoms with E-state index in [1.165, 1.54) is 16.8 Å². The van der Waals surface area contributed by atoms with Crippen LogP contribution in [-0.4, -0.2) is 54.1 Å². The van der Waals surface area contributed by atoms with Crippen LogP contribution in [0.5, 0.6) is 0 Å². The van der Waals surface area contributed by atoms with E-state index in [1.54, 1.807) is 4.90 Å². The molecular formula is C17H25N3O3. The van der Waals surface area contributed by atoms with Gasteiger partial charge in [-0.2, -0.15) is 0 Å². The van der Waals surface area contributed by atoms with Gasteiger partial charge in [-0.1, -0.05) is 6.07 Å². The van der Waals surface area contributed by atoms with Crippen molar-refractivity contribution in [3.8, 4) is 0 Å². The van der Waals surface area contributed by atoms with E-state index < -0.39 is 12.0 Å². The van der Waals surface area contributed by atoms with Gasteiger partial charge in [0.1, 0.15) is 0 Å². The Morgan fingerprint density at radius 1 is 1.13 bits per heavy atom. The van der Waals surface area contributed by atoms with Gasteiger partial charge in [0.15, 0.2) is 0 Å². The Balaban J connectivity index is 1.90. The van der Waals surface area contributed by atoms with E-state index in [-0.39, 0.29) is 18.7 Å². The molecule has 0 radical (unpaired) electrons. The molecule has 1 heterocycles. The maximum absolute atomic E-state index is 12.3. The molecule has 0 bridgehead atoms. The lowest BCUT2D eigenvalue weighted by Gasteiger charge is -2.37. The van der Waals surface area contributed by atoms with Crippen molar-refractivity contribution in [1.82, 2.24) is 4.90 Å². The SMILES string of the molecule is Cc1cc(C)cc(N2CCN(C(=O)C(N)CCC(=O)O)CC2)c1. The second-order valence-corrected chi connectivity index (χ2v) is 6.20. The fourth-order valence-corrected chi connectivity index (χ4v) is 2.96. The van der Waals surface area contributed by atoms with E-state index in [9.17, 15) is 9.59 Å². The van der Waals surface area contributed by atoms with E-state index in [0.717, 1.165) is 13.1 Å². The molecule has 6 nitrogen and oxygen atoms in total. The number of carboxylic acids is 1. The van der Waals surface area contributed by atoms with Crippen molar-refractivity contribution in [2.45, 2.75) is 32.7 Å². The van der Waals surface area contributed by atoms with Crippen LogP contribution in [0.1, 0.15) is 24.0 Å². The van der Waals surface area contributed by atoms with Crippen LogP contribution in [0.15, 0.2) is 18.2 Å². The largest absolute Gasteiger partial charge is 0.481 e. The van der Waals surface area contributed by atoms with Crippen molar-refractivity contribution >= 4 is 17.6 Å². The number of nitrogens with zero attached hydrogens (tertiary/aromatic N) is 2. The smallest absolute Gasteiger partial charge is 0.303 e. The number of carbonyl (C=O) groups excluding carboxylic acids is 1. The van der Waals surface area contributed by atoms with Crippen molar-refractivity contribution in [1.29, 1.82) is 0 Å². The summed E-state index contributed by atoms with van der Waals surface area (Å²) in [6, 6.07) is 5.73.